The van der Waals surface area contributed by atoms with Gasteiger partial charge in [0.05, 0.1) is 12.2 Å². The van der Waals surface area contributed by atoms with Crippen LogP contribution in [-0.2, 0) is 14.3 Å². The van der Waals surface area contributed by atoms with E-state index in [1.165, 1.54) is 6.08 Å². The molecule has 1 unspecified atom stereocenters. The summed E-state index contributed by atoms with van der Waals surface area (Å²) in [4.78, 5) is 10.6. The van der Waals surface area contributed by atoms with Crippen molar-refractivity contribution in [1.82, 2.24) is 0 Å². The van der Waals surface area contributed by atoms with Gasteiger partial charge >= 0.3 is 5.97 Å². The van der Waals surface area contributed by atoms with Crippen molar-refractivity contribution in [3.05, 3.63) is 23.5 Å². The maximum Gasteiger partial charge on any atom is 0.336 e. The van der Waals surface area contributed by atoms with Crippen molar-refractivity contribution in [2.24, 2.45) is 0 Å². The molecule has 0 bridgehead atoms. The van der Waals surface area contributed by atoms with Gasteiger partial charge in [0.1, 0.15) is 5.76 Å². The Morgan fingerprint density at radius 2 is 2.45 bits per heavy atom. The average molecular weight is 154 g/mol. The fraction of sp³-hybridized carbons (Fsp3) is 0.286. The van der Waals surface area contributed by atoms with E-state index >= 15 is 0 Å². The van der Waals surface area contributed by atoms with Crippen molar-refractivity contribution in [2.45, 2.75) is 6.29 Å². The molecule has 2 heterocycles. The molecule has 2 rings (SSSR count). The smallest absolute Gasteiger partial charge is 0.336 e. The summed E-state index contributed by atoms with van der Waals surface area (Å²) in [6, 6.07) is 0. The van der Waals surface area contributed by atoms with E-state index in [2.05, 4.69) is 0 Å². The van der Waals surface area contributed by atoms with E-state index in [1.54, 1.807) is 6.08 Å². The number of fused-ring (bicyclic) bond motifs is 1. The lowest BCUT2D eigenvalue weighted by Crippen LogP contribution is -2.19. The third kappa shape index (κ3) is 0.961. The van der Waals surface area contributed by atoms with Gasteiger partial charge in [-0.15, -0.1) is 0 Å². The van der Waals surface area contributed by atoms with E-state index < -0.39 is 12.3 Å². The number of aliphatic hydroxyl groups excluding tert-OH is 1. The molecule has 2 aliphatic rings. The molecule has 0 saturated carbocycles. The van der Waals surface area contributed by atoms with Crippen molar-refractivity contribution >= 4 is 5.97 Å². The molecular weight excluding hydrogens is 148 g/mol. The first-order valence-corrected chi connectivity index (χ1v) is 3.21. The molecule has 4 heteroatoms. The Morgan fingerprint density at radius 3 is 3.18 bits per heavy atom. The first kappa shape index (κ1) is 6.57. The molecule has 58 valence electrons. The summed E-state index contributed by atoms with van der Waals surface area (Å²) in [7, 11) is 0. The minimum Gasteiger partial charge on any atom is -0.423 e. The van der Waals surface area contributed by atoms with Crippen LogP contribution in [0, 0.1) is 0 Å². The molecule has 1 atom stereocenters. The van der Waals surface area contributed by atoms with E-state index in [-0.39, 0.29) is 6.61 Å². The zero-order valence-corrected chi connectivity index (χ0v) is 5.61. The van der Waals surface area contributed by atoms with Crippen molar-refractivity contribution in [3.8, 4) is 0 Å². The van der Waals surface area contributed by atoms with Crippen LogP contribution in [0.4, 0.5) is 0 Å². The number of hydrogen-bond donors (Lipinski definition) is 1. The Labute approximate surface area is 62.7 Å². The summed E-state index contributed by atoms with van der Waals surface area (Å²) in [5, 5.41) is 9.13. The van der Waals surface area contributed by atoms with Crippen LogP contribution in [0.5, 0.6) is 0 Å². The molecule has 0 aliphatic carbocycles. The summed E-state index contributed by atoms with van der Waals surface area (Å²) in [6.07, 6.45) is 1.83. The van der Waals surface area contributed by atoms with Gasteiger partial charge in [0.25, 0.3) is 0 Å². The van der Waals surface area contributed by atoms with Crippen LogP contribution in [0.1, 0.15) is 0 Å². The second-order valence-electron chi connectivity index (χ2n) is 2.27. The van der Waals surface area contributed by atoms with Crippen LogP contribution in [0.3, 0.4) is 0 Å². The van der Waals surface area contributed by atoms with Gasteiger partial charge in [-0.3, -0.25) is 0 Å². The molecule has 1 N–H and O–H groups in total. The van der Waals surface area contributed by atoms with E-state index in [4.69, 9.17) is 14.6 Å². The molecular formula is C7H6O4. The summed E-state index contributed by atoms with van der Waals surface area (Å²) < 4.78 is 9.54. The number of hydrogen-bond acceptors (Lipinski definition) is 4. The van der Waals surface area contributed by atoms with Crippen molar-refractivity contribution in [3.63, 3.8) is 0 Å². The standard InChI is InChI=1S/C7H6O4/c8-6-3-4-5(11-6)1-2-10-7(4)9/h1,3,7,9H,2H2. The van der Waals surface area contributed by atoms with E-state index in [1.807, 2.05) is 0 Å². The quantitative estimate of drug-likeness (QED) is 0.487. The van der Waals surface area contributed by atoms with Gasteiger partial charge in [-0.2, -0.15) is 0 Å². The molecule has 0 aromatic heterocycles. The first-order valence-electron chi connectivity index (χ1n) is 3.21. The lowest BCUT2D eigenvalue weighted by molar-refractivity contribution is -0.132. The SMILES string of the molecule is O=C1C=C2C(=CCOC2O)O1. The maximum atomic E-state index is 10.6. The highest BCUT2D eigenvalue weighted by atomic mass is 16.6. The monoisotopic (exact) mass is 154 g/mol. The zero-order chi connectivity index (χ0) is 7.84. The van der Waals surface area contributed by atoms with E-state index in [9.17, 15) is 4.79 Å². The fourth-order valence-electron chi connectivity index (χ4n) is 1.05. The van der Waals surface area contributed by atoms with Gasteiger partial charge < -0.3 is 14.6 Å². The van der Waals surface area contributed by atoms with Gasteiger partial charge in [0.2, 0.25) is 0 Å². The molecule has 0 aromatic carbocycles. The van der Waals surface area contributed by atoms with Crippen LogP contribution >= 0.6 is 0 Å². The molecule has 0 aromatic rings. The Balaban J connectivity index is 2.38. The number of carbonyl (C=O) groups excluding carboxylic acids is 1. The highest BCUT2D eigenvalue weighted by Crippen LogP contribution is 2.26. The predicted molar refractivity (Wildman–Crippen MR) is 34.2 cm³/mol. The van der Waals surface area contributed by atoms with Crippen LogP contribution in [0.15, 0.2) is 23.5 Å². The summed E-state index contributed by atoms with van der Waals surface area (Å²) in [5.41, 5.74) is 0.418. The molecule has 4 nitrogen and oxygen atoms in total. The highest BCUT2D eigenvalue weighted by Gasteiger charge is 2.28. The summed E-state index contributed by atoms with van der Waals surface area (Å²) >= 11 is 0. The number of esters is 1. The van der Waals surface area contributed by atoms with Gasteiger partial charge in [0.15, 0.2) is 6.29 Å². The van der Waals surface area contributed by atoms with Gasteiger partial charge in [-0.25, -0.2) is 4.79 Å². The Bertz CT molecular complexity index is 264. The molecule has 0 amide bonds. The fourth-order valence-corrected chi connectivity index (χ4v) is 1.05. The summed E-state index contributed by atoms with van der Waals surface area (Å²) in [6.45, 7) is 0.279. The van der Waals surface area contributed by atoms with E-state index in [0.717, 1.165) is 0 Å². The minimum absolute atomic E-state index is 0.279. The second kappa shape index (κ2) is 2.18. The van der Waals surface area contributed by atoms with Crippen molar-refractivity contribution in [1.29, 1.82) is 0 Å². The van der Waals surface area contributed by atoms with E-state index in [0.29, 0.717) is 11.3 Å². The van der Waals surface area contributed by atoms with Crippen molar-refractivity contribution < 1.29 is 19.4 Å². The second-order valence-corrected chi connectivity index (χ2v) is 2.27. The van der Waals surface area contributed by atoms with Crippen LogP contribution in [0.2, 0.25) is 0 Å². The zero-order valence-electron chi connectivity index (χ0n) is 5.61. The van der Waals surface area contributed by atoms with Gasteiger partial charge in [0, 0.05) is 6.08 Å². The van der Waals surface area contributed by atoms with Gasteiger partial charge in [-0.1, -0.05) is 0 Å². The Hall–Kier alpha value is -1.13. The summed E-state index contributed by atoms with van der Waals surface area (Å²) in [5.74, 6) is -0.0236. The van der Waals surface area contributed by atoms with Crippen LogP contribution in [-0.4, -0.2) is 24.0 Å². The topological polar surface area (TPSA) is 55.8 Å². The Kier molecular flexibility index (Phi) is 1.30. The number of rotatable bonds is 0. The maximum absolute atomic E-state index is 10.6. The van der Waals surface area contributed by atoms with Crippen LogP contribution in [0.25, 0.3) is 0 Å². The Morgan fingerprint density at radius 1 is 1.64 bits per heavy atom. The number of aliphatic hydroxyl groups is 1. The number of ether oxygens (including phenoxy) is 2. The lowest BCUT2D eigenvalue weighted by atomic mass is 10.2. The minimum atomic E-state index is -1.01. The van der Waals surface area contributed by atoms with Crippen LogP contribution < -0.4 is 0 Å². The molecule has 11 heavy (non-hydrogen) atoms. The third-order valence-electron chi connectivity index (χ3n) is 1.56. The van der Waals surface area contributed by atoms with Crippen molar-refractivity contribution in [2.75, 3.05) is 6.61 Å². The van der Waals surface area contributed by atoms with Gasteiger partial charge in [-0.05, 0) is 6.08 Å². The normalized spacial score (nSPS) is 28.8. The molecule has 0 spiro atoms. The highest BCUT2D eigenvalue weighted by molar-refractivity contribution is 5.88. The molecule has 0 fully saturated rings. The molecule has 2 aliphatic heterocycles. The largest absolute Gasteiger partial charge is 0.423 e. The average Bonchev–Trinajstić information content (AvgIpc) is 2.31. The lowest BCUT2D eigenvalue weighted by Gasteiger charge is -2.16. The first-order chi connectivity index (χ1) is 5.27. The number of carbonyl (C=O) groups is 1. The molecule has 0 radical (unpaired) electrons. The third-order valence-corrected chi connectivity index (χ3v) is 1.56. The predicted octanol–water partition coefficient (Wildman–Crippen LogP) is -0.298. The molecule has 0 saturated heterocycles.